The van der Waals surface area contributed by atoms with Gasteiger partial charge in [0.05, 0.1) is 12.7 Å². The molecule has 0 aromatic heterocycles. The standard InChI is InChI=1S/C12H15IO2/c1-8(2)6-9-4-5-11(15-3)10(7-9)12(13)14/h4-5,7-8H,6H2,1-3H3. The molecule has 0 N–H and O–H groups in total. The summed E-state index contributed by atoms with van der Waals surface area (Å²) in [7, 11) is 1.58. The van der Waals surface area contributed by atoms with Gasteiger partial charge in [-0.05, 0) is 30.0 Å². The quantitative estimate of drug-likeness (QED) is 0.628. The largest absolute Gasteiger partial charge is 0.496 e. The van der Waals surface area contributed by atoms with Gasteiger partial charge < -0.3 is 4.74 Å². The zero-order chi connectivity index (χ0) is 11.4. The zero-order valence-corrected chi connectivity index (χ0v) is 11.4. The lowest BCUT2D eigenvalue weighted by molar-refractivity contribution is 0.110. The van der Waals surface area contributed by atoms with E-state index in [0.29, 0.717) is 17.2 Å². The zero-order valence-electron chi connectivity index (χ0n) is 9.21. The maximum absolute atomic E-state index is 11.4. The third-order valence-electron chi connectivity index (χ3n) is 2.12. The number of rotatable bonds is 4. The molecule has 1 aromatic rings. The molecule has 0 saturated carbocycles. The Labute approximate surface area is 104 Å². The average Bonchev–Trinajstić information content (AvgIpc) is 2.16. The molecule has 0 radical (unpaired) electrons. The van der Waals surface area contributed by atoms with Crippen molar-refractivity contribution in [2.75, 3.05) is 7.11 Å². The second-order valence-corrected chi connectivity index (χ2v) is 4.89. The summed E-state index contributed by atoms with van der Waals surface area (Å²) in [4.78, 5) is 11.4. The van der Waals surface area contributed by atoms with Gasteiger partial charge in [0.2, 0.25) is 3.79 Å². The number of carbonyl (C=O) groups excluding carboxylic acids is 1. The smallest absolute Gasteiger partial charge is 0.226 e. The van der Waals surface area contributed by atoms with E-state index in [2.05, 4.69) is 13.8 Å². The molecule has 0 spiro atoms. The van der Waals surface area contributed by atoms with E-state index in [1.807, 2.05) is 18.2 Å². The van der Waals surface area contributed by atoms with Crippen LogP contribution in [0.15, 0.2) is 18.2 Å². The molecule has 0 amide bonds. The minimum Gasteiger partial charge on any atom is -0.496 e. The Balaban J connectivity index is 3.05. The molecule has 0 bridgehead atoms. The van der Waals surface area contributed by atoms with Gasteiger partial charge >= 0.3 is 0 Å². The van der Waals surface area contributed by atoms with Crippen LogP contribution in [0.4, 0.5) is 0 Å². The van der Waals surface area contributed by atoms with Crippen molar-refractivity contribution in [2.24, 2.45) is 5.92 Å². The maximum Gasteiger partial charge on any atom is 0.226 e. The topological polar surface area (TPSA) is 26.3 Å². The van der Waals surface area contributed by atoms with Crippen molar-refractivity contribution in [3.63, 3.8) is 0 Å². The first-order valence-corrected chi connectivity index (χ1v) is 5.99. The molecule has 0 aliphatic carbocycles. The summed E-state index contributed by atoms with van der Waals surface area (Å²) in [6, 6.07) is 5.80. The lowest BCUT2D eigenvalue weighted by Crippen LogP contribution is -1.99. The summed E-state index contributed by atoms with van der Waals surface area (Å²) in [5.41, 5.74) is 1.85. The molecular formula is C12H15IO2. The number of halogens is 1. The third kappa shape index (κ3) is 3.48. The van der Waals surface area contributed by atoms with E-state index in [9.17, 15) is 4.79 Å². The number of ether oxygens (including phenoxy) is 1. The first kappa shape index (κ1) is 12.5. The van der Waals surface area contributed by atoms with Gasteiger partial charge in [-0.3, -0.25) is 4.79 Å². The van der Waals surface area contributed by atoms with Gasteiger partial charge in [-0.2, -0.15) is 0 Å². The van der Waals surface area contributed by atoms with E-state index in [1.165, 1.54) is 5.56 Å². The number of methoxy groups -OCH3 is 1. The van der Waals surface area contributed by atoms with Crippen molar-refractivity contribution in [1.82, 2.24) is 0 Å². The normalized spacial score (nSPS) is 10.5. The van der Waals surface area contributed by atoms with Crippen LogP contribution in [-0.4, -0.2) is 10.9 Å². The van der Waals surface area contributed by atoms with Crippen molar-refractivity contribution < 1.29 is 9.53 Å². The Morgan fingerprint density at radius 2 is 2.13 bits per heavy atom. The predicted octanol–water partition coefficient (Wildman–Crippen LogP) is 3.47. The van der Waals surface area contributed by atoms with E-state index >= 15 is 0 Å². The van der Waals surface area contributed by atoms with Crippen LogP contribution >= 0.6 is 22.6 Å². The molecule has 0 atom stereocenters. The van der Waals surface area contributed by atoms with Crippen molar-refractivity contribution >= 4 is 26.4 Å². The highest BCUT2D eigenvalue weighted by Crippen LogP contribution is 2.23. The Bertz CT molecular complexity index is 359. The number of hydrogen-bond acceptors (Lipinski definition) is 2. The number of hydrogen-bond donors (Lipinski definition) is 0. The van der Waals surface area contributed by atoms with E-state index in [0.717, 1.165) is 6.42 Å². The maximum atomic E-state index is 11.4. The van der Waals surface area contributed by atoms with Crippen LogP contribution in [0.5, 0.6) is 5.75 Å². The first-order valence-electron chi connectivity index (χ1n) is 4.91. The molecule has 0 aliphatic rings. The fourth-order valence-electron chi connectivity index (χ4n) is 1.51. The Hall–Kier alpha value is -0.580. The van der Waals surface area contributed by atoms with Crippen molar-refractivity contribution in [3.8, 4) is 5.75 Å². The molecular weight excluding hydrogens is 303 g/mol. The van der Waals surface area contributed by atoms with Gasteiger partial charge in [0.1, 0.15) is 5.75 Å². The highest BCUT2D eigenvalue weighted by Gasteiger charge is 2.10. The molecule has 1 aromatic carbocycles. The second-order valence-electron chi connectivity index (χ2n) is 3.91. The fraction of sp³-hybridized carbons (Fsp3) is 0.417. The highest BCUT2D eigenvalue weighted by molar-refractivity contribution is 14.1. The Kier molecular flexibility index (Phi) is 4.57. The van der Waals surface area contributed by atoms with Crippen LogP contribution in [-0.2, 0) is 6.42 Å². The van der Waals surface area contributed by atoms with E-state index in [-0.39, 0.29) is 3.79 Å². The van der Waals surface area contributed by atoms with Gasteiger partial charge in [-0.25, -0.2) is 0 Å². The molecule has 0 fully saturated rings. The van der Waals surface area contributed by atoms with Crippen LogP contribution in [0.25, 0.3) is 0 Å². The van der Waals surface area contributed by atoms with Crippen molar-refractivity contribution in [3.05, 3.63) is 29.3 Å². The summed E-state index contributed by atoms with van der Waals surface area (Å²) in [5, 5.41) is 0. The monoisotopic (exact) mass is 318 g/mol. The molecule has 0 heterocycles. The van der Waals surface area contributed by atoms with E-state index in [1.54, 1.807) is 29.7 Å². The third-order valence-corrected chi connectivity index (χ3v) is 2.70. The molecule has 1 rings (SSSR count). The lowest BCUT2D eigenvalue weighted by atomic mass is 10.0. The van der Waals surface area contributed by atoms with Gasteiger partial charge in [0, 0.05) is 22.6 Å². The molecule has 0 unspecified atom stereocenters. The van der Waals surface area contributed by atoms with Crippen LogP contribution in [0.3, 0.4) is 0 Å². The SMILES string of the molecule is COc1ccc(CC(C)C)cc1C(=O)I. The minimum atomic E-state index is 0.0232. The summed E-state index contributed by atoms with van der Waals surface area (Å²) < 4.78 is 5.16. The highest BCUT2D eigenvalue weighted by atomic mass is 127. The Morgan fingerprint density at radius 1 is 1.47 bits per heavy atom. The van der Waals surface area contributed by atoms with Crippen LogP contribution in [0.2, 0.25) is 0 Å². The summed E-state index contributed by atoms with van der Waals surface area (Å²) in [5.74, 6) is 1.25. The summed E-state index contributed by atoms with van der Waals surface area (Å²) in [6.45, 7) is 4.32. The molecule has 15 heavy (non-hydrogen) atoms. The first-order chi connectivity index (χ1) is 7.04. The fourth-order valence-corrected chi connectivity index (χ4v) is 1.93. The molecule has 0 saturated heterocycles. The number of benzene rings is 1. The average molecular weight is 318 g/mol. The van der Waals surface area contributed by atoms with Crippen molar-refractivity contribution in [1.29, 1.82) is 0 Å². The van der Waals surface area contributed by atoms with E-state index < -0.39 is 0 Å². The molecule has 2 nitrogen and oxygen atoms in total. The predicted molar refractivity (Wildman–Crippen MR) is 69.9 cm³/mol. The van der Waals surface area contributed by atoms with Crippen LogP contribution < -0.4 is 4.74 Å². The van der Waals surface area contributed by atoms with Gasteiger partial charge in [0.25, 0.3) is 0 Å². The molecule has 82 valence electrons. The summed E-state index contributed by atoms with van der Waals surface area (Å²) >= 11 is 1.79. The number of carbonyl (C=O) groups is 1. The van der Waals surface area contributed by atoms with Crippen molar-refractivity contribution in [2.45, 2.75) is 20.3 Å². The molecule has 3 heteroatoms. The van der Waals surface area contributed by atoms with Gasteiger partial charge in [0.15, 0.2) is 0 Å². The molecule has 0 aliphatic heterocycles. The second kappa shape index (κ2) is 5.49. The lowest BCUT2D eigenvalue weighted by Gasteiger charge is -2.09. The van der Waals surface area contributed by atoms with Gasteiger partial charge in [-0.15, -0.1) is 0 Å². The summed E-state index contributed by atoms with van der Waals surface area (Å²) in [6.07, 6.45) is 0.987. The van der Waals surface area contributed by atoms with E-state index in [4.69, 9.17) is 4.74 Å². The Morgan fingerprint density at radius 3 is 2.60 bits per heavy atom. The van der Waals surface area contributed by atoms with Crippen LogP contribution in [0, 0.1) is 5.92 Å². The van der Waals surface area contributed by atoms with Crippen LogP contribution in [0.1, 0.15) is 29.8 Å². The van der Waals surface area contributed by atoms with Gasteiger partial charge in [-0.1, -0.05) is 19.9 Å². The minimum absolute atomic E-state index is 0.0232.